The summed E-state index contributed by atoms with van der Waals surface area (Å²) < 4.78 is 37.0. The Kier molecular flexibility index (Phi) is 4.21. The molecule has 16 heavy (non-hydrogen) atoms. The molecule has 1 aromatic rings. The second-order valence-electron chi connectivity index (χ2n) is 2.89. The van der Waals surface area contributed by atoms with Crippen molar-refractivity contribution in [2.45, 2.75) is 11.1 Å². The van der Waals surface area contributed by atoms with Gasteiger partial charge in [-0.1, -0.05) is 0 Å². The molecule has 0 unspecified atom stereocenters. The van der Waals surface area contributed by atoms with Crippen LogP contribution in [0.15, 0.2) is 23.1 Å². The van der Waals surface area contributed by atoms with E-state index in [-0.39, 0.29) is 12.2 Å². The lowest BCUT2D eigenvalue weighted by Gasteiger charge is -2.08. The zero-order chi connectivity index (χ0) is 12.2. The van der Waals surface area contributed by atoms with Crippen LogP contribution in [0, 0.1) is 11.3 Å². The number of halogens is 3. The first kappa shape index (κ1) is 12.9. The summed E-state index contributed by atoms with van der Waals surface area (Å²) >= 11 is 1.15. The SMILES string of the molecule is N#Cc1cc(C(F)(F)F)ccc1SCCO. The number of nitrogens with zero attached hydrogens (tertiary/aromatic N) is 1. The Balaban J connectivity index is 3.04. The van der Waals surface area contributed by atoms with Crippen molar-refractivity contribution < 1.29 is 18.3 Å². The van der Waals surface area contributed by atoms with Crippen LogP contribution >= 0.6 is 11.8 Å². The summed E-state index contributed by atoms with van der Waals surface area (Å²) in [6, 6.07) is 4.72. The summed E-state index contributed by atoms with van der Waals surface area (Å²) in [6.07, 6.45) is -4.44. The monoisotopic (exact) mass is 247 g/mol. The highest BCUT2D eigenvalue weighted by Gasteiger charge is 2.30. The molecule has 0 atom stereocenters. The van der Waals surface area contributed by atoms with E-state index in [1.165, 1.54) is 6.07 Å². The molecule has 1 rings (SSSR count). The quantitative estimate of drug-likeness (QED) is 0.835. The standard InChI is InChI=1S/C10H8F3NOS/c11-10(12,13)8-1-2-9(16-4-3-15)7(5-8)6-14/h1-2,5,15H,3-4H2. The number of benzene rings is 1. The molecule has 6 heteroatoms. The van der Waals surface area contributed by atoms with Crippen LogP contribution in [-0.4, -0.2) is 17.5 Å². The molecular weight excluding hydrogens is 239 g/mol. The summed E-state index contributed by atoms with van der Waals surface area (Å²) in [4.78, 5) is 0.449. The van der Waals surface area contributed by atoms with Gasteiger partial charge in [-0.05, 0) is 18.2 Å². The number of hydrogen-bond acceptors (Lipinski definition) is 3. The van der Waals surface area contributed by atoms with Gasteiger partial charge in [-0.3, -0.25) is 0 Å². The van der Waals surface area contributed by atoms with Crippen molar-refractivity contribution in [1.29, 1.82) is 5.26 Å². The first-order valence-electron chi connectivity index (χ1n) is 4.34. The van der Waals surface area contributed by atoms with Crippen molar-refractivity contribution in [2.75, 3.05) is 12.4 Å². The molecule has 0 fully saturated rings. The van der Waals surface area contributed by atoms with Crippen LogP contribution in [0.3, 0.4) is 0 Å². The van der Waals surface area contributed by atoms with Crippen LogP contribution in [0.1, 0.15) is 11.1 Å². The van der Waals surface area contributed by atoms with Gasteiger partial charge in [0, 0.05) is 10.6 Å². The van der Waals surface area contributed by atoms with E-state index in [9.17, 15) is 13.2 Å². The molecule has 0 radical (unpaired) electrons. The third-order valence-corrected chi connectivity index (χ3v) is 2.83. The van der Waals surface area contributed by atoms with Gasteiger partial charge in [-0.25, -0.2) is 0 Å². The second kappa shape index (κ2) is 5.23. The molecule has 0 saturated carbocycles. The van der Waals surface area contributed by atoms with E-state index in [2.05, 4.69) is 0 Å². The maximum absolute atomic E-state index is 12.3. The molecular formula is C10H8F3NOS. The Labute approximate surface area is 94.7 Å². The number of thioether (sulfide) groups is 1. The van der Waals surface area contributed by atoms with E-state index >= 15 is 0 Å². The maximum Gasteiger partial charge on any atom is 0.416 e. The van der Waals surface area contributed by atoms with E-state index in [0.717, 1.165) is 23.9 Å². The third kappa shape index (κ3) is 3.15. The minimum atomic E-state index is -4.44. The second-order valence-corrected chi connectivity index (χ2v) is 4.03. The van der Waals surface area contributed by atoms with Gasteiger partial charge in [0.1, 0.15) is 6.07 Å². The van der Waals surface area contributed by atoms with E-state index < -0.39 is 11.7 Å². The molecule has 1 N–H and O–H groups in total. The largest absolute Gasteiger partial charge is 0.416 e. The molecule has 1 aromatic carbocycles. The molecule has 0 aliphatic carbocycles. The molecule has 0 heterocycles. The van der Waals surface area contributed by atoms with Gasteiger partial charge in [-0.15, -0.1) is 11.8 Å². The molecule has 0 bridgehead atoms. The predicted octanol–water partition coefficient (Wildman–Crippen LogP) is 2.66. The minimum Gasteiger partial charge on any atom is -0.396 e. The normalized spacial score (nSPS) is 11.2. The molecule has 0 aromatic heterocycles. The van der Waals surface area contributed by atoms with E-state index in [1.807, 2.05) is 0 Å². The van der Waals surface area contributed by atoms with Crippen molar-refractivity contribution in [1.82, 2.24) is 0 Å². The smallest absolute Gasteiger partial charge is 0.396 e. The van der Waals surface area contributed by atoms with Crippen molar-refractivity contribution >= 4 is 11.8 Å². The fourth-order valence-corrected chi connectivity index (χ4v) is 1.81. The number of alkyl halides is 3. The molecule has 0 aliphatic heterocycles. The molecule has 2 nitrogen and oxygen atoms in total. The van der Waals surface area contributed by atoms with E-state index in [0.29, 0.717) is 10.6 Å². The lowest BCUT2D eigenvalue weighted by Crippen LogP contribution is -2.05. The summed E-state index contributed by atoms with van der Waals surface area (Å²) in [5.41, 5.74) is -0.856. The Morgan fingerprint density at radius 2 is 2.06 bits per heavy atom. The van der Waals surface area contributed by atoms with Gasteiger partial charge in [0.2, 0.25) is 0 Å². The highest BCUT2D eigenvalue weighted by atomic mass is 32.2. The maximum atomic E-state index is 12.3. The Hall–Kier alpha value is -1.19. The number of rotatable bonds is 3. The van der Waals surface area contributed by atoms with Crippen LogP contribution in [0.2, 0.25) is 0 Å². The topological polar surface area (TPSA) is 44.0 Å². The van der Waals surface area contributed by atoms with Gasteiger partial charge >= 0.3 is 6.18 Å². The molecule has 0 saturated heterocycles. The number of aliphatic hydroxyl groups excluding tert-OH is 1. The van der Waals surface area contributed by atoms with Crippen LogP contribution < -0.4 is 0 Å². The first-order chi connectivity index (χ1) is 7.49. The average molecular weight is 247 g/mol. The zero-order valence-corrected chi connectivity index (χ0v) is 8.90. The average Bonchev–Trinajstić information content (AvgIpc) is 2.24. The fourth-order valence-electron chi connectivity index (χ4n) is 1.08. The molecule has 0 aliphatic rings. The highest BCUT2D eigenvalue weighted by molar-refractivity contribution is 7.99. The van der Waals surface area contributed by atoms with Gasteiger partial charge in [-0.2, -0.15) is 18.4 Å². The fraction of sp³-hybridized carbons (Fsp3) is 0.300. The number of aliphatic hydroxyl groups is 1. The number of nitriles is 1. The highest BCUT2D eigenvalue weighted by Crippen LogP contribution is 2.32. The van der Waals surface area contributed by atoms with Gasteiger partial charge in [0.25, 0.3) is 0 Å². The summed E-state index contributed by atoms with van der Waals surface area (Å²) in [5.74, 6) is 0.347. The molecule has 0 spiro atoms. The molecule has 86 valence electrons. The van der Waals surface area contributed by atoms with Crippen LogP contribution in [-0.2, 0) is 6.18 Å². The first-order valence-corrected chi connectivity index (χ1v) is 5.32. The van der Waals surface area contributed by atoms with Crippen LogP contribution in [0.5, 0.6) is 0 Å². The van der Waals surface area contributed by atoms with Crippen LogP contribution in [0.4, 0.5) is 13.2 Å². The van der Waals surface area contributed by atoms with Crippen molar-refractivity contribution in [3.05, 3.63) is 29.3 Å². The van der Waals surface area contributed by atoms with Gasteiger partial charge in [0.15, 0.2) is 0 Å². The lowest BCUT2D eigenvalue weighted by atomic mass is 10.1. The van der Waals surface area contributed by atoms with E-state index in [1.54, 1.807) is 6.07 Å². The summed E-state index contributed by atoms with van der Waals surface area (Å²) in [5, 5.41) is 17.3. The van der Waals surface area contributed by atoms with Gasteiger partial charge in [0.05, 0.1) is 17.7 Å². The number of hydrogen-bond donors (Lipinski definition) is 1. The Morgan fingerprint density at radius 3 is 2.56 bits per heavy atom. The summed E-state index contributed by atoms with van der Waals surface area (Å²) in [7, 11) is 0. The van der Waals surface area contributed by atoms with Gasteiger partial charge < -0.3 is 5.11 Å². The lowest BCUT2D eigenvalue weighted by molar-refractivity contribution is -0.137. The Bertz CT molecular complexity index is 412. The van der Waals surface area contributed by atoms with E-state index in [4.69, 9.17) is 10.4 Å². The van der Waals surface area contributed by atoms with Crippen molar-refractivity contribution in [2.24, 2.45) is 0 Å². The minimum absolute atomic E-state index is 0.0201. The van der Waals surface area contributed by atoms with Crippen molar-refractivity contribution in [3.63, 3.8) is 0 Å². The molecule has 0 amide bonds. The third-order valence-electron chi connectivity index (χ3n) is 1.78. The van der Waals surface area contributed by atoms with Crippen molar-refractivity contribution in [3.8, 4) is 6.07 Å². The summed E-state index contributed by atoms with van der Waals surface area (Å²) in [6.45, 7) is -0.0867. The zero-order valence-electron chi connectivity index (χ0n) is 8.08. The van der Waals surface area contributed by atoms with Crippen LogP contribution in [0.25, 0.3) is 0 Å². The Morgan fingerprint density at radius 1 is 1.38 bits per heavy atom. The predicted molar refractivity (Wildman–Crippen MR) is 54.0 cm³/mol.